The number of hydrogen-bond donors (Lipinski definition) is 0. The van der Waals surface area contributed by atoms with Gasteiger partial charge in [0.25, 0.3) is 0 Å². The van der Waals surface area contributed by atoms with Crippen LogP contribution in [0.1, 0.15) is 11.1 Å². The summed E-state index contributed by atoms with van der Waals surface area (Å²) in [6.45, 7) is 0. The summed E-state index contributed by atoms with van der Waals surface area (Å²) in [6.07, 6.45) is 4.53. The van der Waals surface area contributed by atoms with Gasteiger partial charge in [-0.3, -0.25) is 0 Å². The van der Waals surface area contributed by atoms with Crippen LogP contribution in [0.25, 0.3) is 0 Å². The highest BCUT2D eigenvalue weighted by atomic mass is 32.2. The Kier molecular flexibility index (Phi) is 2.21. The number of anilines is 2. The van der Waals surface area contributed by atoms with Crippen LogP contribution in [0.3, 0.4) is 0 Å². The Hall–Kier alpha value is -1.41. The Bertz CT molecular complexity index is 620. The van der Waals surface area contributed by atoms with Gasteiger partial charge in [-0.2, -0.15) is 0 Å². The third-order valence-corrected chi connectivity index (χ3v) is 4.80. The number of hydrogen-bond acceptors (Lipinski definition) is 2. The Balaban J connectivity index is 1.85. The summed E-state index contributed by atoms with van der Waals surface area (Å²) in [5.41, 5.74) is 5.85. The van der Waals surface area contributed by atoms with Crippen LogP contribution in [-0.4, -0.2) is 12.3 Å². The van der Waals surface area contributed by atoms with Gasteiger partial charge in [0, 0.05) is 22.3 Å². The van der Waals surface area contributed by atoms with Gasteiger partial charge in [-0.15, -0.1) is 11.8 Å². The van der Waals surface area contributed by atoms with Crippen molar-refractivity contribution >= 4 is 23.1 Å². The predicted octanol–water partition coefficient (Wildman–Crippen LogP) is 4.03. The van der Waals surface area contributed by atoms with Crippen molar-refractivity contribution in [3.63, 3.8) is 0 Å². The van der Waals surface area contributed by atoms with Gasteiger partial charge in [-0.05, 0) is 54.5 Å². The zero-order valence-corrected chi connectivity index (χ0v) is 11.2. The maximum absolute atomic E-state index is 2.54. The summed E-state index contributed by atoms with van der Waals surface area (Å²) in [5, 5.41) is 0. The van der Waals surface area contributed by atoms with E-state index in [0.29, 0.717) is 6.04 Å². The molecular weight excluding hydrogens is 238 g/mol. The van der Waals surface area contributed by atoms with E-state index in [1.807, 2.05) is 11.8 Å². The molecule has 0 saturated heterocycles. The smallest absolute Gasteiger partial charge is 0.0447 e. The van der Waals surface area contributed by atoms with Crippen molar-refractivity contribution in [3.8, 4) is 0 Å². The molecule has 0 bridgehead atoms. The Morgan fingerprint density at radius 3 is 2.67 bits per heavy atom. The lowest BCUT2D eigenvalue weighted by Gasteiger charge is -2.20. The van der Waals surface area contributed by atoms with E-state index in [2.05, 4.69) is 53.6 Å². The van der Waals surface area contributed by atoms with E-state index < -0.39 is 0 Å². The molecule has 0 N–H and O–H groups in total. The van der Waals surface area contributed by atoms with Gasteiger partial charge in [0.2, 0.25) is 0 Å². The fraction of sp³-hybridized carbons (Fsp3) is 0.250. The minimum Gasteiger partial charge on any atom is -0.337 e. The first kappa shape index (κ1) is 10.5. The second kappa shape index (κ2) is 3.79. The number of rotatable bonds is 1. The summed E-state index contributed by atoms with van der Waals surface area (Å²) < 4.78 is 0. The fourth-order valence-corrected chi connectivity index (χ4v) is 3.76. The fourth-order valence-electron chi connectivity index (χ4n) is 3.29. The highest BCUT2D eigenvalue weighted by molar-refractivity contribution is 7.98. The molecule has 1 nitrogen and oxygen atoms in total. The van der Waals surface area contributed by atoms with Crippen molar-refractivity contribution in [2.45, 2.75) is 23.8 Å². The Labute approximate surface area is 112 Å². The summed E-state index contributed by atoms with van der Waals surface area (Å²) in [5.74, 6) is 0. The molecule has 2 aromatic rings. The lowest BCUT2D eigenvalue weighted by molar-refractivity contribution is 0.725. The maximum Gasteiger partial charge on any atom is 0.0447 e. The van der Waals surface area contributed by atoms with Crippen LogP contribution in [0.5, 0.6) is 0 Å². The van der Waals surface area contributed by atoms with Crippen LogP contribution in [-0.2, 0) is 12.8 Å². The highest BCUT2D eigenvalue weighted by Gasteiger charge is 2.36. The molecular formula is C16H15NS. The van der Waals surface area contributed by atoms with Gasteiger partial charge in [0.05, 0.1) is 0 Å². The van der Waals surface area contributed by atoms with Crippen molar-refractivity contribution in [2.24, 2.45) is 0 Å². The monoisotopic (exact) mass is 253 g/mol. The summed E-state index contributed by atoms with van der Waals surface area (Å²) in [7, 11) is 0. The number of benzene rings is 2. The molecule has 0 aliphatic carbocycles. The number of fused-ring (bicyclic) bond motifs is 5. The maximum atomic E-state index is 2.54. The summed E-state index contributed by atoms with van der Waals surface area (Å²) in [6, 6.07) is 16.4. The molecule has 2 aliphatic heterocycles. The topological polar surface area (TPSA) is 3.24 Å². The largest absolute Gasteiger partial charge is 0.337 e. The van der Waals surface area contributed by atoms with E-state index in [0.717, 1.165) is 0 Å². The molecule has 0 aromatic heterocycles. The lowest BCUT2D eigenvalue weighted by atomic mass is 10.0. The number of thioether (sulfide) groups is 1. The SMILES string of the molecule is CSc1ccc2c(c1)CC1Cc3ccccc3N21. The van der Waals surface area contributed by atoms with Gasteiger partial charge >= 0.3 is 0 Å². The lowest BCUT2D eigenvalue weighted by Crippen LogP contribution is -2.22. The van der Waals surface area contributed by atoms with Crippen molar-refractivity contribution in [1.29, 1.82) is 0 Å². The van der Waals surface area contributed by atoms with E-state index in [4.69, 9.17) is 0 Å². The van der Waals surface area contributed by atoms with Crippen molar-refractivity contribution < 1.29 is 0 Å². The number of para-hydroxylation sites is 1. The van der Waals surface area contributed by atoms with Crippen LogP contribution >= 0.6 is 11.8 Å². The average Bonchev–Trinajstić information content (AvgIpc) is 2.92. The molecule has 1 unspecified atom stereocenters. The third kappa shape index (κ3) is 1.36. The zero-order chi connectivity index (χ0) is 12.1. The van der Waals surface area contributed by atoms with Crippen molar-refractivity contribution in [2.75, 3.05) is 11.2 Å². The van der Waals surface area contributed by atoms with Crippen molar-refractivity contribution in [3.05, 3.63) is 53.6 Å². The minimum atomic E-state index is 0.648. The van der Waals surface area contributed by atoms with Gasteiger partial charge in [-0.1, -0.05) is 18.2 Å². The first-order chi connectivity index (χ1) is 8.86. The molecule has 90 valence electrons. The number of nitrogens with zero attached hydrogens (tertiary/aromatic N) is 1. The summed E-state index contributed by atoms with van der Waals surface area (Å²) in [4.78, 5) is 3.91. The Morgan fingerprint density at radius 2 is 1.78 bits per heavy atom. The van der Waals surface area contributed by atoms with Gasteiger partial charge < -0.3 is 4.90 Å². The average molecular weight is 253 g/mol. The van der Waals surface area contributed by atoms with Crippen LogP contribution in [0.2, 0.25) is 0 Å². The van der Waals surface area contributed by atoms with Crippen LogP contribution in [0.4, 0.5) is 11.4 Å². The molecule has 4 rings (SSSR count). The second-order valence-electron chi connectivity index (χ2n) is 5.06. The molecule has 2 heteroatoms. The van der Waals surface area contributed by atoms with Crippen LogP contribution in [0.15, 0.2) is 47.4 Å². The van der Waals surface area contributed by atoms with Crippen LogP contribution in [0, 0.1) is 0 Å². The third-order valence-electron chi connectivity index (χ3n) is 4.07. The highest BCUT2D eigenvalue weighted by Crippen LogP contribution is 2.46. The summed E-state index contributed by atoms with van der Waals surface area (Å²) >= 11 is 1.83. The first-order valence-electron chi connectivity index (χ1n) is 6.41. The minimum absolute atomic E-state index is 0.648. The molecule has 2 aliphatic rings. The van der Waals surface area contributed by atoms with E-state index in [1.54, 1.807) is 0 Å². The normalized spacial score (nSPS) is 19.6. The van der Waals surface area contributed by atoms with Crippen molar-refractivity contribution in [1.82, 2.24) is 0 Å². The second-order valence-corrected chi connectivity index (χ2v) is 5.94. The molecule has 0 fully saturated rings. The molecule has 18 heavy (non-hydrogen) atoms. The predicted molar refractivity (Wildman–Crippen MR) is 78.0 cm³/mol. The van der Waals surface area contributed by atoms with Gasteiger partial charge in [0.15, 0.2) is 0 Å². The van der Waals surface area contributed by atoms with E-state index in [9.17, 15) is 0 Å². The zero-order valence-electron chi connectivity index (χ0n) is 10.4. The quantitative estimate of drug-likeness (QED) is 0.706. The van der Waals surface area contributed by atoms with E-state index >= 15 is 0 Å². The van der Waals surface area contributed by atoms with E-state index in [1.165, 1.54) is 40.2 Å². The molecule has 2 aromatic carbocycles. The van der Waals surface area contributed by atoms with E-state index in [-0.39, 0.29) is 0 Å². The molecule has 1 atom stereocenters. The Morgan fingerprint density at radius 1 is 1.00 bits per heavy atom. The van der Waals surface area contributed by atoms with Crippen LogP contribution < -0.4 is 4.90 Å². The van der Waals surface area contributed by atoms with Gasteiger partial charge in [0.1, 0.15) is 0 Å². The molecule has 0 amide bonds. The molecule has 0 spiro atoms. The first-order valence-corrected chi connectivity index (χ1v) is 7.63. The molecule has 0 saturated carbocycles. The molecule has 2 heterocycles. The molecule has 0 radical (unpaired) electrons. The standard InChI is InChI=1S/C16H15NS/c1-18-14-6-7-16-12(10-14)9-13-8-11-4-2-3-5-15(11)17(13)16/h2-7,10,13H,8-9H2,1H3. The van der Waals surface area contributed by atoms with Gasteiger partial charge in [-0.25, -0.2) is 0 Å².